The Hall–Kier alpha value is -2.73. The molecule has 1 aromatic heterocycles. The van der Waals surface area contributed by atoms with E-state index < -0.39 is 47.4 Å². The van der Waals surface area contributed by atoms with Gasteiger partial charge in [-0.2, -0.15) is 31.4 Å². The largest absolute Gasteiger partial charge is 0.435 e. The van der Waals surface area contributed by atoms with E-state index in [2.05, 4.69) is 5.10 Å². The van der Waals surface area contributed by atoms with Gasteiger partial charge in [0.25, 0.3) is 11.6 Å². The number of hydrogen-bond donors (Lipinski definition) is 0. The van der Waals surface area contributed by atoms with Crippen molar-refractivity contribution in [3.8, 4) is 0 Å². The van der Waals surface area contributed by atoms with Crippen LogP contribution in [-0.4, -0.2) is 20.9 Å². The topological polar surface area (TPSA) is 61.0 Å². The van der Waals surface area contributed by atoms with E-state index in [-0.39, 0.29) is 23.0 Å². The molecule has 5 nitrogen and oxygen atoms in total. The van der Waals surface area contributed by atoms with E-state index in [0.29, 0.717) is 4.68 Å². The summed E-state index contributed by atoms with van der Waals surface area (Å²) in [6.07, 6.45) is -13.4. The van der Waals surface area contributed by atoms with Crippen molar-refractivity contribution in [2.75, 3.05) is 0 Å². The molecular weight excluding hydrogens is 406 g/mol. The van der Waals surface area contributed by atoms with Gasteiger partial charge in [-0.1, -0.05) is 6.07 Å². The van der Waals surface area contributed by atoms with Gasteiger partial charge in [0.15, 0.2) is 5.69 Å². The molecule has 0 radical (unpaired) electrons. The van der Waals surface area contributed by atoms with Gasteiger partial charge in [0, 0.05) is 17.8 Å². The summed E-state index contributed by atoms with van der Waals surface area (Å²) in [7, 11) is 0. The van der Waals surface area contributed by atoms with Crippen LogP contribution >= 0.6 is 0 Å². The smallest absolute Gasteiger partial charge is 0.267 e. The maximum atomic E-state index is 13.9. The number of nitro groups is 1. The second-order valence-corrected chi connectivity index (χ2v) is 5.96. The van der Waals surface area contributed by atoms with Gasteiger partial charge in [0.05, 0.1) is 17.0 Å². The zero-order valence-corrected chi connectivity index (χ0v) is 13.9. The first-order chi connectivity index (χ1) is 12.6. The van der Waals surface area contributed by atoms with E-state index in [1.54, 1.807) is 0 Å². The van der Waals surface area contributed by atoms with Crippen molar-refractivity contribution in [1.29, 1.82) is 0 Å². The van der Waals surface area contributed by atoms with E-state index >= 15 is 0 Å². The van der Waals surface area contributed by atoms with Crippen LogP contribution in [-0.2, 0) is 18.6 Å². The zero-order chi connectivity index (χ0) is 21.5. The highest BCUT2D eigenvalue weighted by Crippen LogP contribution is 2.44. The Morgan fingerprint density at radius 1 is 1.11 bits per heavy atom. The van der Waals surface area contributed by atoms with E-state index in [1.165, 1.54) is 19.1 Å². The van der Waals surface area contributed by atoms with Crippen LogP contribution in [0.5, 0.6) is 0 Å². The lowest BCUT2D eigenvalue weighted by Gasteiger charge is -2.18. The molecule has 0 aliphatic carbocycles. The molecule has 0 fully saturated rings. The number of nitrogens with zero attached hydrogens (tertiary/aromatic N) is 3. The number of hydrogen-bond acceptors (Lipinski definition) is 3. The fourth-order valence-corrected chi connectivity index (χ4v) is 2.53. The highest BCUT2D eigenvalue weighted by atomic mass is 19.4. The van der Waals surface area contributed by atoms with Crippen LogP contribution in [0.4, 0.5) is 40.8 Å². The quantitative estimate of drug-likeness (QED) is 0.381. The second kappa shape index (κ2) is 7.02. The molecule has 0 aliphatic heterocycles. The molecule has 13 heteroatoms. The lowest BCUT2D eigenvalue weighted by molar-refractivity contribution is -0.385. The monoisotopic (exact) mass is 417 g/mol. The molecule has 28 heavy (non-hydrogen) atoms. The fourth-order valence-electron chi connectivity index (χ4n) is 2.53. The molecular formula is C15H11F8N3O2. The van der Waals surface area contributed by atoms with Crippen LogP contribution in [0.15, 0.2) is 24.4 Å². The first kappa shape index (κ1) is 21.6. The van der Waals surface area contributed by atoms with Crippen LogP contribution < -0.4 is 0 Å². The summed E-state index contributed by atoms with van der Waals surface area (Å²) in [5.41, 5.74) is -3.94. The van der Waals surface area contributed by atoms with Crippen molar-refractivity contribution < 1.29 is 40.0 Å². The van der Waals surface area contributed by atoms with Crippen LogP contribution in [0.2, 0.25) is 0 Å². The van der Waals surface area contributed by atoms with E-state index in [1.807, 2.05) is 0 Å². The number of alkyl halides is 8. The zero-order valence-electron chi connectivity index (χ0n) is 13.9. The van der Waals surface area contributed by atoms with Crippen molar-refractivity contribution in [3.63, 3.8) is 0 Å². The van der Waals surface area contributed by atoms with Gasteiger partial charge in [0.1, 0.15) is 6.42 Å². The predicted octanol–water partition coefficient (Wildman–Crippen LogP) is 5.21. The molecule has 0 N–H and O–H groups in total. The van der Waals surface area contributed by atoms with Crippen molar-refractivity contribution in [1.82, 2.24) is 9.78 Å². The summed E-state index contributed by atoms with van der Waals surface area (Å²) in [5, 5.41) is 13.7. The molecule has 2 aromatic rings. The Labute approximate surface area is 151 Å². The maximum absolute atomic E-state index is 13.9. The Balaban J connectivity index is 2.44. The molecule has 0 aliphatic rings. The van der Waals surface area contributed by atoms with Crippen LogP contribution in [0, 0.1) is 17.0 Å². The van der Waals surface area contributed by atoms with E-state index in [0.717, 1.165) is 6.07 Å². The lowest BCUT2D eigenvalue weighted by atomic mass is 10.1. The van der Waals surface area contributed by atoms with Gasteiger partial charge in [-0.3, -0.25) is 14.8 Å². The maximum Gasteiger partial charge on any atom is 0.435 e. The predicted molar refractivity (Wildman–Crippen MR) is 78.7 cm³/mol. The van der Waals surface area contributed by atoms with Gasteiger partial charge in [-0.25, -0.2) is 8.78 Å². The number of rotatable bonds is 5. The van der Waals surface area contributed by atoms with Crippen molar-refractivity contribution in [2.24, 2.45) is 0 Å². The van der Waals surface area contributed by atoms with Crippen molar-refractivity contribution >= 4 is 5.69 Å². The molecule has 0 saturated carbocycles. The number of aryl methyl sites for hydroxylation is 1. The molecule has 0 saturated heterocycles. The number of benzene rings is 1. The third-order valence-corrected chi connectivity index (χ3v) is 3.65. The minimum absolute atomic E-state index is 0.160. The van der Waals surface area contributed by atoms with Crippen molar-refractivity contribution in [2.45, 2.75) is 38.2 Å². The minimum atomic E-state index is -5.40. The van der Waals surface area contributed by atoms with Crippen molar-refractivity contribution in [3.05, 3.63) is 56.9 Å². The Kier molecular flexibility index (Phi) is 5.41. The third-order valence-electron chi connectivity index (χ3n) is 3.65. The minimum Gasteiger partial charge on any atom is -0.267 e. The normalized spacial score (nSPS) is 13.0. The summed E-state index contributed by atoms with van der Waals surface area (Å²) < 4.78 is 104. The first-order valence-corrected chi connectivity index (χ1v) is 7.44. The van der Waals surface area contributed by atoms with Crippen LogP contribution in [0.1, 0.15) is 28.8 Å². The standard InChI is InChI=1S/C15H11F8N3O2/c1-8-4-9(2-3-11(8)26(27)28)5-25-6-10(12(24-25)15(21,22)23)13(16,17)7-14(18,19)20/h2-4,6H,5,7H2,1H3. The molecule has 0 atom stereocenters. The highest BCUT2D eigenvalue weighted by molar-refractivity contribution is 5.42. The summed E-state index contributed by atoms with van der Waals surface area (Å²) in [5.74, 6) is -4.84. The molecule has 2 rings (SSSR count). The molecule has 0 bridgehead atoms. The molecule has 1 aromatic carbocycles. The van der Waals surface area contributed by atoms with Crippen LogP contribution in [0.25, 0.3) is 0 Å². The lowest BCUT2D eigenvalue weighted by Crippen LogP contribution is -2.26. The van der Waals surface area contributed by atoms with E-state index in [4.69, 9.17) is 0 Å². The number of nitro benzene ring substituents is 1. The summed E-state index contributed by atoms with van der Waals surface area (Å²) in [6, 6.07) is 3.48. The highest BCUT2D eigenvalue weighted by Gasteiger charge is 2.51. The first-order valence-electron chi connectivity index (χ1n) is 7.44. The average molecular weight is 417 g/mol. The Bertz CT molecular complexity index is 886. The van der Waals surface area contributed by atoms with E-state index in [9.17, 15) is 45.2 Å². The molecule has 0 unspecified atom stereocenters. The molecule has 154 valence electrons. The second-order valence-electron chi connectivity index (χ2n) is 5.96. The summed E-state index contributed by atoms with van der Waals surface area (Å²) in [4.78, 5) is 10.1. The van der Waals surface area contributed by atoms with Gasteiger partial charge >= 0.3 is 12.4 Å². The number of halogens is 8. The average Bonchev–Trinajstić information content (AvgIpc) is 2.89. The van der Waals surface area contributed by atoms with Gasteiger partial charge in [-0.05, 0) is 18.6 Å². The third kappa shape index (κ3) is 4.95. The Morgan fingerprint density at radius 2 is 1.71 bits per heavy atom. The van der Waals surface area contributed by atoms with Crippen LogP contribution in [0.3, 0.4) is 0 Å². The number of aromatic nitrogens is 2. The SMILES string of the molecule is Cc1cc(Cn2cc(C(F)(F)CC(F)(F)F)c(C(F)(F)F)n2)ccc1[N+](=O)[O-]. The summed E-state index contributed by atoms with van der Waals surface area (Å²) >= 11 is 0. The molecule has 0 amide bonds. The van der Waals surface area contributed by atoms with Gasteiger partial charge in [-0.15, -0.1) is 0 Å². The Morgan fingerprint density at radius 3 is 2.18 bits per heavy atom. The van der Waals surface area contributed by atoms with Gasteiger partial charge < -0.3 is 0 Å². The summed E-state index contributed by atoms with van der Waals surface area (Å²) in [6.45, 7) is 0.846. The molecule has 0 spiro atoms. The fraction of sp³-hybridized carbons (Fsp3) is 0.400. The molecule has 1 heterocycles. The van der Waals surface area contributed by atoms with Gasteiger partial charge in [0.2, 0.25) is 0 Å².